The summed E-state index contributed by atoms with van der Waals surface area (Å²) in [6.07, 6.45) is 0.879. The van der Waals surface area contributed by atoms with E-state index in [0.717, 1.165) is 28.9 Å². The molecular formula is C33H37NO5. The molecule has 4 rings (SSSR count). The van der Waals surface area contributed by atoms with E-state index in [0.29, 0.717) is 30.2 Å². The van der Waals surface area contributed by atoms with E-state index in [1.54, 1.807) is 42.5 Å². The third kappa shape index (κ3) is 5.70. The summed E-state index contributed by atoms with van der Waals surface area (Å²) < 4.78 is 11.3. The molecule has 39 heavy (non-hydrogen) atoms. The van der Waals surface area contributed by atoms with Gasteiger partial charge in [-0.05, 0) is 84.8 Å². The number of amides is 1. The van der Waals surface area contributed by atoms with Gasteiger partial charge in [-0.25, -0.2) is 0 Å². The Morgan fingerprint density at radius 1 is 0.923 bits per heavy atom. The maximum atomic E-state index is 13.5. The van der Waals surface area contributed by atoms with E-state index in [2.05, 4.69) is 20.8 Å². The van der Waals surface area contributed by atoms with E-state index in [9.17, 15) is 14.7 Å². The number of carbonyl (C=O) groups excluding carboxylic acids is 2. The zero-order valence-electron chi connectivity index (χ0n) is 23.6. The van der Waals surface area contributed by atoms with Crippen molar-refractivity contribution in [1.82, 2.24) is 0 Å². The van der Waals surface area contributed by atoms with Gasteiger partial charge in [-0.15, -0.1) is 0 Å². The van der Waals surface area contributed by atoms with Crippen LogP contribution in [0.1, 0.15) is 69.3 Å². The quantitative estimate of drug-likeness (QED) is 0.192. The largest absolute Gasteiger partial charge is 0.507 e. The van der Waals surface area contributed by atoms with Gasteiger partial charge in [0, 0.05) is 11.3 Å². The number of anilines is 1. The molecule has 0 radical (unpaired) electrons. The molecule has 1 atom stereocenters. The smallest absolute Gasteiger partial charge is 0.300 e. The molecule has 1 heterocycles. The lowest BCUT2D eigenvalue weighted by molar-refractivity contribution is -0.132. The van der Waals surface area contributed by atoms with E-state index < -0.39 is 17.7 Å². The van der Waals surface area contributed by atoms with Gasteiger partial charge in [-0.1, -0.05) is 52.0 Å². The molecule has 0 spiro atoms. The second kappa shape index (κ2) is 11.4. The number of ether oxygens (including phenoxy) is 2. The molecule has 6 nitrogen and oxygen atoms in total. The van der Waals surface area contributed by atoms with Gasteiger partial charge >= 0.3 is 0 Å². The predicted octanol–water partition coefficient (Wildman–Crippen LogP) is 7.11. The van der Waals surface area contributed by atoms with Crippen LogP contribution in [0, 0.1) is 6.92 Å². The van der Waals surface area contributed by atoms with Crippen LogP contribution in [-0.4, -0.2) is 30.0 Å². The number of hydrogen-bond acceptors (Lipinski definition) is 5. The highest BCUT2D eigenvalue weighted by Crippen LogP contribution is 2.43. The Bertz CT molecular complexity index is 1380. The Morgan fingerprint density at radius 3 is 2.15 bits per heavy atom. The minimum absolute atomic E-state index is 0.0546. The van der Waals surface area contributed by atoms with Crippen LogP contribution in [0.25, 0.3) is 5.76 Å². The molecule has 3 aromatic carbocycles. The second-order valence-corrected chi connectivity index (χ2v) is 10.8. The number of ketones is 1. The average Bonchev–Trinajstić information content (AvgIpc) is 3.18. The fourth-order valence-electron chi connectivity index (χ4n) is 4.78. The predicted molar refractivity (Wildman–Crippen MR) is 155 cm³/mol. The van der Waals surface area contributed by atoms with Gasteiger partial charge in [-0.2, -0.15) is 0 Å². The Hall–Kier alpha value is -4.06. The zero-order chi connectivity index (χ0) is 28.3. The summed E-state index contributed by atoms with van der Waals surface area (Å²) in [7, 11) is 0. The molecule has 1 saturated heterocycles. The fourth-order valence-corrected chi connectivity index (χ4v) is 4.78. The van der Waals surface area contributed by atoms with Crippen LogP contribution in [0.2, 0.25) is 0 Å². The van der Waals surface area contributed by atoms with E-state index in [4.69, 9.17) is 9.47 Å². The zero-order valence-corrected chi connectivity index (χ0v) is 23.6. The molecule has 1 amide bonds. The molecule has 0 saturated carbocycles. The van der Waals surface area contributed by atoms with Crippen molar-refractivity contribution in [2.45, 2.75) is 59.4 Å². The number of rotatable bonds is 8. The molecular weight excluding hydrogens is 490 g/mol. The first kappa shape index (κ1) is 28.0. The Kier molecular flexibility index (Phi) is 8.14. The second-order valence-electron chi connectivity index (χ2n) is 10.8. The first-order valence-corrected chi connectivity index (χ1v) is 13.4. The highest BCUT2D eigenvalue weighted by atomic mass is 16.5. The summed E-state index contributed by atoms with van der Waals surface area (Å²) in [4.78, 5) is 28.5. The lowest BCUT2D eigenvalue weighted by atomic mass is 9.85. The monoisotopic (exact) mass is 527 g/mol. The van der Waals surface area contributed by atoms with Crippen molar-refractivity contribution in [3.63, 3.8) is 0 Å². The van der Waals surface area contributed by atoms with E-state index in [1.165, 1.54) is 4.90 Å². The number of aliphatic hydroxyl groups excluding tert-OH is 1. The molecule has 0 aliphatic carbocycles. The van der Waals surface area contributed by atoms with Gasteiger partial charge in [-0.3, -0.25) is 14.5 Å². The topological polar surface area (TPSA) is 76.1 Å². The standard InChI is InChI=1S/C33H37NO5/c1-7-19-39-27-18-11-23(20-21(27)3)30(35)28-29(22-9-12-24(13-10-22)33(4,5)6)34(32(37)31(28)36)25-14-16-26(17-15-25)38-8-2/h9-18,20,29,35H,7-8,19H2,1-6H3/b30-28-. The van der Waals surface area contributed by atoms with Crippen molar-refractivity contribution < 1.29 is 24.2 Å². The molecule has 1 aliphatic rings. The van der Waals surface area contributed by atoms with Gasteiger partial charge in [0.1, 0.15) is 17.3 Å². The molecule has 0 aromatic heterocycles. The first-order chi connectivity index (χ1) is 18.6. The van der Waals surface area contributed by atoms with Gasteiger partial charge < -0.3 is 14.6 Å². The van der Waals surface area contributed by atoms with Crippen LogP contribution >= 0.6 is 0 Å². The molecule has 0 bridgehead atoms. The molecule has 1 fully saturated rings. The van der Waals surface area contributed by atoms with Crippen molar-refractivity contribution >= 4 is 23.1 Å². The minimum Gasteiger partial charge on any atom is -0.507 e. The summed E-state index contributed by atoms with van der Waals surface area (Å²) in [6.45, 7) is 13.3. The molecule has 1 unspecified atom stereocenters. The van der Waals surface area contributed by atoms with Crippen molar-refractivity contribution in [2.24, 2.45) is 0 Å². The van der Waals surface area contributed by atoms with E-state index in [1.807, 2.05) is 45.0 Å². The van der Waals surface area contributed by atoms with Crippen molar-refractivity contribution in [1.29, 1.82) is 0 Å². The third-order valence-corrected chi connectivity index (χ3v) is 6.87. The number of benzene rings is 3. The van der Waals surface area contributed by atoms with Crippen molar-refractivity contribution in [2.75, 3.05) is 18.1 Å². The number of aliphatic hydroxyl groups is 1. The van der Waals surface area contributed by atoms with Crippen LogP contribution < -0.4 is 14.4 Å². The van der Waals surface area contributed by atoms with E-state index >= 15 is 0 Å². The minimum atomic E-state index is -0.798. The van der Waals surface area contributed by atoms with Crippen LogP contribution in [-0.2, 0) is 15.0 Å². The maximum Gasteiger partial charge on any atom is 0.300 e. The Morgan fingerprint density at radius 2 is 1.59 bits per heavy atom. The molecule has 204 valence electrons. The molecule has 3 aromatic rings. The molecule has 6 heteroatoms. The molecule has 1 N–H and O–H groups in total. The number of carbonyl (C=O) groups is 2. The summed E-state index contributed by atoms with van der Waals surface area (Å²) in [6, 6.07) is 19.4. The maximum absolute atomic E-state index is 13.5. The lowest BCUT2D eigenvalue weighted by Gasteiger charge is -2.27. The van der Waals surface area contributed by atoms with Gasteiger partial charge in [0.25, 0.3) is 11.7 Å². The lowest BCUT2D eigenvalue weighted by Crippen LogP contribution is -2.29. The fraction of sp³-hybridized carbons (Fsp3) is 0.333. The van der Waals surface area contributed by atoms with Crippen LogP contribution in [0.5, 0.6) is 11.5 Å². The van der Waals surface area contributed by atoms with E-state index in [-0.39, 0.29) is 16.7 Å². The van der Waals surface area contributed by atoms with Gasteiger partial charge in [0.15, 0.2) is 0 Å². The van der Waals surface area contributed by atoms with Crippen LogP contribution in [0.4, 0.5) is 5.69 Å². The normalized spacial score (nSPS) is 17.0. The summed E-state index contributed by atoms with van der Waals surface area (Å²) in [5.74, 6) is -0.236. The number of Topliss-reactive ketones (excluding diaryl/α,β-unsaturated/α-hetero) is 1. The molecule has 1 aliphatic heterocycles. The van der Waals surface area contributed by atoms with Crippen LogP contribution in [0.3, 0.4) is 0 Å². The summed E-state index contributed by atoms with van der Waals surface area (Å²) >= 11 is 0. The average molecular weight is 528 g/mol. The number of aryl methyl sites for hydroxylation is 1. The Balaban J connectivity index is 1.85. The Labute approximate surface area is 230 Å². The van der Waals surface area contributed by atoms with Gasteiger partial charge in [0.2, 0.25) is 0 Å². The first-order valence-electron chi connectivity index (χ1n) is 13.4. The third-order valence-electron chi connectivity index (χ3n) is 6.87. The van der Waals surface area contributed by atoms with Gasteiger partial charge in [0.05, 0.1) is 24.8 Å². The highest BCUT2D eigenvalue weighted by molar-refractivity contribution is 6.51. The number of nitrogens with zero attached hydrogens (tertiary/aromatic N) is 1. The highest BCUT2D eigenvalue weighted by Gasteiger charge is 2.47. The van der Waals surface area contributed by atoms with Crippen LogP contribution in [0.15, 0.2) is 72.3 Å². The summed E-state index contributed by atoms with van der Waals surface area (Å²) in [5, 5.41) is 11.5. The van der Waals surface area contributed by atoms with Crippen molar-refractivity contribution in [3.05, 3.63) is 94.6 Å². The number of hydrogen-bond donors (Lipinski definition) is 1. The summed E-state index contributed by atoms with van der Waals surface area (Å²) in [5.41, 5.74) is 3.69. The van der Waals surface area contributed by atoms with Crippen molar-refractivity contribution in [3.8, 4) is 11.5 Å². The SMILES string of the molecule is CCCOc1ccc(/C(O)=C2/C(=O)C(=O)N(c3ccc(OCC)cc3)C2c2ccc(C(C)(C)C)cc2)cc1C.